The van der Waals surface area contributed by atoms with Gasteiger partial charge >= 0.3 is 5.69 Å². The van der Waals surface area contributed by atoms with E-state index in [-0.39, 0.29) is 28.8 Å². The molecule has 1 aliphatic heterocycles. The van der Waals surface area contributed by atoms with Gasteiger partial charge in [-0.1, -0.05) is 6.07 Å². The number of hydrogen-bond acceptors (Lipinski definition) is 4. The van der Waals surface area contributed by atoms with Crippen molar-refractivity contribution < 1.29 is 14.5 Å². The number of methoxy groups -OCH3 is 1. The van der Waals surface area contributed by atoms with Gasteiger partial charge in [-0.15, -0.1) is 11.6 Å². The zero-order chi connectivity index (χ0) is 14.7. The number of rotatable bonds is 4. The number of benzene rings is 1. The summed E-state index contributed by atoms with van der Waals surface area (Å²) in [4.78, 5) is 24.5. The Morgan fingerprint density at radius 2 is 2.35 bits per heavy atom. The molecule has 6 nitrogen and oxygen atoms in total. The van der Waals surface area contributed by atoms with Gasteiger partial charge < -0.3 is 9.64 Å². The number of nitro groups is 1. The van der Waals surface area contributed by atoms with Crippen molar-refractivity contribution in [1.29, 1.82) is 0 Å². The molecule has 1 amide bonds. The van der Waals surface area contributed by atoms with Crippen molar-refractivity contribution in [3.8, 4) is 5.75 Å². The van der Waals surface area contributed by atoms with E-state index in [4.69, 9.17) is 16.3 Å². The standard InChI is InChI=1S/C13H15ClN2O4/c1-20-12-10(3-2-4-11(12)16(18)19)13(17)15-6-5-9(7-14)8-15/h2-4,9H,5-8H2,1H3. The maximum absolute atomic E-state index is 12.4. The first-order chi connectivity index (χ1) is 9.58. The summed E-state index contributed by atoms with van der Waals surface area (Å²) in [5.41, 5.74) is 0.0170. The van der Waals surface area contributed by atoms with Gasteiger partial charge in [0, 0.05) is 25.0 Å². The topological polar surface area (TPSA) is 72.7 Å². The fraction of sp³-hybridized carbons (Fsp3) is 0.462. The van der Waals surface area contributed by atoms with Gasteiger partial charge in [-0.25, -0.2) is 0 Å². The maximum Gasteiger partial charge on any atom is 0.311 e. The van der Waals surface area contributed by atoms with Crippen molar-refractivity contribution in [1.82, 2.24) is 4.90 Å². The Morgan fingerprint density at radius 1 is 1.60 bits per heavy atom. The van der Waals surface area contributed by atoms with Crippen LogP contribution in [0.2, 0.25) is 0 Å². The molecule has 1 aromatic carbocycles. The van der Waals surface area contributed by atoms with Crippen molar-refractivity contribution in [2.75, 3.05) is 26.1 Å². The molecule has 108 valence electrons. The summed E-state index contributed by atoms with van der Waals surface area (Å²) >= 11 is 5.80. The van der Waals surface area contributed by atoms with Crippen LogP contribution in [0, 0.1) is 16.0 Å². The molecule has 1 fully saturated rings. The third kappa shape index (κ3) is 2.70. The lowest BCUT2D eigenvalue weighted by atomic mass is 10.1. The summed E-state index contributed by atoms with van der Waals surface area (Å²) in [6.45, 7) is 1.19. The number of halogens is 1. The van der Waals surface area contributed by atoms with Crippen LogP contribution in [0.5, 0.6) is 5.75 Å². The largest absolute Gasteiger partial charge is 0.490 e. The molecule has 0 aliphatic carbocycles. The normalized spacial score (nSPS) is 18.1. The third-order valence-electron chi connectivity index (χ3n) is 3.42. The Morgan fingerprint density at radius 3 is 2.90 bits per heavy atom. The Balaban J connectivity index is 2.31. The molecule has 0 radical (unpaired) electrons. The average Bonchev–Trinajstić information content (AvgIpc) is 2.94. The van der Waals surface area contributed by atoms with Gasteiger partial charge in [-0.2, -0.15) is 0 Å². The van der Waals surface area contributed by atoms with Crippen molar-refractivity contribution in [2.45, 2.75) is 6.42 Å². The number of likely N-dealkylation sites (tertiary alicyclic amines) is 1. The van der Waals surface area contributed by atoms with Crippen molar-refractivity contribution >= 4 is 23.2 Å². The summed E-state index contributed by atoms with van der Waals surface area (Å²) in [7, 11) is 1.32. The number of hydrogen-bond donors (Lipinski definition) is 0. The second-order valence-electron chi connectivity index (χ2n) is 4.68. The zero-order valence-corrected chi connectivity index (χ0v) is 11.8. The molecule has 2 rings (SSSR count). The van der Waals surface area contributed by atoms with Gasteiger partial charge in [0.05, 0.1) is 17.6 Å². The number of ether oxygens (including phenoxy) is 1. The molecular formula is C13H15ClN2O4. The summed E-state index contributed by atoms with van der Waals surface area (Å²) in [6.07, 6.45) is 0.854. The van der Waals surface area contributed by atoms with Crippen LogP contribution in [0.1, 0.15) is 16.8 Å². The summed E-state index contributed by atoms with van der Waals surface area (Å²) in [5, 5.41) is 11.0. The van der Waals surface area contributed by atoms with E-state index >= 15 is 0 Å². The predicted octanol–water partition coefficient (Wildman–Crippen LogP) is 2.30. The molecule has 7 heteroatoms. The summed E-state index contributed by atoms with van der Waals surface area (Å²) in [5.74, 6) is 0.552. The fourth-order valence-corrected chi connectivity index (χ4v) is 2.62. The van der Waals surface area contributed by atoms with Gasteiger partial charge in [0.1, 0.15) is 0 Å². The highest BCUT2D eigenvalue weighted by Crippen LogP contribution is 2.32. The number of para-hydroxylation sites is 1. The first-order valence-corrected chi connectivity index (χ1v) is 6.78. The second-order valence-corrected chi connectivity index (χ2v) is 4.98. The molecule has 0 saturated carbocycles. The van der Waals surface area contributed by atoms with E-state index in [9.17, 15) is 14.9 Å². The summed E-state index contributed by atoms with van der Waals surface area (Å²) in [6, 6.07) is 4.35. The third-order valence-corrected chi connectivity index (χ3v) is 3.85. The first-order valence-electron chi connectivity index (χ1n) is 6.25. The van der Waals surface area contributed by atoms with Crippen LogP contribution in [-0.2, 0) is 0 Å². The molecule has 20 heavy (non-hydrogen) atoms. The molecule has 0 spiro atoms. The van der Waals surface area contributed by atoms with E-state index < -0.39 is 4.92 Å². The number of alkyl halides is 1. The van der Waals surface area contributed by atoms with Gasteiger partial charge in [0.2, 0.25) is 5.75 Å². The zero-order valence-electron chi connectivity index (χ0n) is 11.0. The molecule has 1 aliphatic rings. The maximum atomic E-state index is 12.4. The smallest absolute Gasteiger partial charge is 0.311 e. The monoisotopic (exact) mass is 298 g/mol. The molecule has 1 atom stereocenters. The first kappa shape index (κ1) is 14.6. The van der Waals surface area contributed by atoms with Crippen LogP contribution < -0.4 is 4.74 Å². The predicted molar refractivity (Wildman–Crippen MR) is 74.4 cm³/mol. The molecule has 1 unspecified atom stereocenters. The number of carbonyl (C=O) groups is 1. The number of nitrogens with zero attached hydrogens (tertiary/aromatic N) is 2. The van der Waals surface area contributed by atoms with Crippen molar-refractivity contribution in [3.05, 3.63) is 33.9 Å². The van der Waals surface area contributed by atoms with E-state index in [1.807, 2.05) is 0 Å². The van der Waals surface area contributed by atoms with Gasteiger partial charge in [0.25, 0.3) is 5.91 Å². The van der Waals surface area contributed by atoms with Gasteiger partial charge in [-0.05, 0) is 18.4 Å². The molecule has 0 N–H and O–H groups in total. The SMILES string of the molecule is COc1c(C(=O)N2CCC(CCl)C2)cccc1[N+](=O)[O-]. The number of amides is 1. The van der Waals surface area contributed by atoms with Crippen LogP contribution in [-0.4, -0.2) is 41.8 Å². The molecular weight excluding hydrogens is 284 g/mol. The summed E-state index contributed by atoms with van der Waals surface area (Å²) < 4.78 is 5.06. The minimum Gasteiger partial charge on any atom is -0.490 e. The average molecular weight is 299 g/mol. The minimum atomic E-state index is -0.554. The highest BCUT2D eigenvalue weighted by Gasteiger charge is 2.30. The molecule has 1 saturated heterocycles. The molecule has 1 aromatic rings. The van der Waals surface area contributed by atoms with Crippen molar-refractivity contribution in [2.24, 2.45) is 5.92 Å². The van der Waals surface area contributed by atoms with E-state index in [1.54, 1.807) is 11.0 Å². The van der Waals surface area contributed by atoms with Crippen LogP contribution in [0.3, 0.4) is 0 Å². The van der Waals surface area contributed by atoms with Crippen LogP contribution in [0.15, 0.2) is 18.2 Å². The van der Waals surface area contributed by atoms with Crippen LogP contribution >= 0.6 is 11.6 Å². The van der Waals surface area contributed by atoms with E-state index in [1.165, 1.54) is 19.2 Å². The number of carbonyl (C=O) groups excluding carboxylic acids is 1. The Labute approximate surface area is 121 Å². The lowest BCUT2D eigenvalue weighted by Crippen LogP contribution is -2.29. The Hall–Kier alpha value is -1.82. The molecule has 0 bridgehead atoms. The molecule has 1 heterocycles. The van der Waals surface area contributed by atoms with Crippen molar-refractivity contribution in [3.63, 3.8) is 0 Å². The van der Waals surface area contributed by atoms with Crippen LogP contribution in [0.25, 0.3) is 0 Å². The van der Waals surface area contributed by atoms with Gasteiger partial charge in [0.15, 0.2) is 0 Å². The lowest BCUT2D eigenvalue weighted by Gasteiger charge is -2.17. The van der Waals surface area contributed by atoms with Gasteiger partial charge in [-0.3, -0.25) is 14.9 Å². The number of nitro benzene ring substituents is 1. The highest BCUT2D eigenvalue weighted by molar-refractivity contribution is 6.18. The highest BCUT2D eigenvalue weighted by atomic mass is 35.5. The van der Waals surface area contributed by atoms with E-state index in [2.05, 4.69) is 0 Å². The quantitative estimate of drug-likeness (QED) is 0.486. The van der Waals surface area contributed by atoms with E-state index in [0.717, 1.165) is 6.42 Å². The fourth-order valence-electron chi connectivity index (χ4n) is 2.36. The minimum absolute atomic E-state index is 0.0109. The Bertz CT molecular complexity index is 535. The lowest BCUT2D eigenvalue weighted by molar-refractivity contribution is -0.385. The Kier molecular flexibility index (Phi) is 4.44. The van der Waals surface area contributed by atoms with E-state index in [0.29, 0.717) is 19.0 Å². The molecule has 0 aromatic heterocycles. The van der Waals surface area contributed by atoms with Crippen LogP contribution in [0.4, 0.5) is 5.69 Å². The second kappa shape index (κ2) is 6.09.